The molecular formula is C29H33FN4O2. The number of carbonyl (C=O) groups excluding carboxylic acids is 2. The van der Waals surface area contributed by atoms with Gasteiger partial charge >= 0.3 is 0 Å². The molecule has 1 fully saturated rings. The molecular weight excluding hydrogens is 455 g/mol. The molecule has 6 nitrogen and oxygen atoms in total. The Morgan fingerprint density at radius 2 is 1.75 bits per heavy atom. The van der Waals surface area contributed by atoms with Crippen LogP contribution in [0.5, 0.6) is 0 Å². The lowest BCUT2D eigenvalue weighted by atomic mass is 9.94. The summed E-state index contributed by atoms with van der Waals surface area (Å²) in [6.45, 7) is 0.549. The van der Waals surface area contributed by atoms with Gasteiger partial charge in [-0.3, -0.25) is 19.5 Å². The normalized spacial score (nSPS) is 14.7. The van der Waals surface area contributed by atoms with Crippen LogP contribution in [0.15, 0.2) is 79.0 Å². The van der Waals surface area contributed by atoms with E-state index in [9.17, 15) is 14.0 Å². The first-order valence-electron chi connectivity index (χ1n) is 12.7. The number of anilines is 1. The number of benzene rings is 2. The van der Waals surface area contributed by atoms with Crippen LogP contribution in [-0.4, -0.2) is 35.9 Å². The fourth-order valence-electron chi connectivity index (χ4n) is 4.69. The maximum atomic E-state index is 14.3. The van der Waals surface area contributed by atoms with Crippen LogP contribution in [0.4, 0.5) is 10.1 Å². The van der Waals surface area contributed by atoms with E-state index in [0.29, 0.717) is 24.2 Å². The fraction of sp³-hybridized carbons (Fsp3) is 0.345. The van der Waals surface area contributed by atoms with Gasteiger partial charge in [0, 0.05) is 36.6 Å². The molecule has 2 amide bonds. The highest BCUT2D eigenvalue weighted by Gasteiger charge is 2.34. The van der Waals surface area contributed by atoms with Crippen molar-refractivity contribution in [1.29, 1.82) is 0 Å². The predicted molar refractivity (Wildman–Crippen MR) is 139 cm³/mol. The van der Waals surface area contributed by atoms with Crippen molar-refractivity contribution in [2.24, 2.45) is 0 Å². The monoisotopic (exact) mass is 488 g/mol. The van der Waals surface area contributed by atoms with E-state index in [-0.39, 0.29) is 24.4 Å². The van der Waals surface area contributed by atoms with Gasteiger partial charge in [-0.1, -0.05) is 61.7 Å². The first kappa shape index (κ1) is 25.5. The molecule has 1 aliphatic rings. The maximum absolute atomic E-state index is 14.3. The molecule has 2 aromatic carbocycles. The molecule has 36 heavy (non-hydrogen) atoms. The Labute approximate surface area is 211 Å². The second-order valence-corrected chi connectivity index (χ2v) is 9.15. The third-order valence-corrected chi connectivity index (χ3v) is 6.49. The van der Waals surface area contributed by atoms with Crippen LogP contribution < -0.4 is 15.5 Å². The van der Waals surface area contributed by atoms with Crippen LogP contribution in [0.3, 0.4) is 0 Å². The van der Waals surface area contributed by atoms with E-state index in [1.807, 2.05) is 48.5 Å². The van der Waals surface area contributed by atoms with Crippen molar-refractivity contribution >= 4 is 17.5 Å². The fourth-order valence-corrected chi connectivity index (χ4v) is 4.69. The predicted octanol–water partition coefficient (Wildman–Crippen LogP) is 4.58. The van der Waals surface area contributed by atoms with Crippen molar-refractivity contribution in [3.8, 4) is 0 Å². The average Bonchev–Trinajstić information content (AvgIpc) is 2.91. The van der Waals surface area contributed by atoms with Crippen LogP contribution in [0.1, 0.15) is 49.4 Å². The number of nitrogens with zero attached hydrogens (tertiary/aromatic N) is 2. The molecule has 0 saturated heterocycles. The molecule has 1 unspecified atom stereocenters. The summed E-state index contributed by atoms with van der Waals surface area (Å²) in [5.41, 5.74) is 1.95. The number of hydrogen-bond acceptors (Lipinski definition) is 4. The molecule has 4 rings (SSSR count). The van der Waals surface area contributed by atoms with E-state index in [2.05, 4.69) is 15.6 Å². The number of nitrogens with one attached hydrogen (secondary N) is 2. The van der Waals surface area contributed by atoms with Gasteiger partial charge in [-0.25, -0.2) is 4.39 Å². The van der Waals surface area contributed by atoms with Crippen LogP contribution in [0.25, 0.3) is 0 Å². The van der Waals surface area contributed by atoms with Gasteiger partial charge in [-0.2, -0.15) is 0 Å². The van der Waals surface area contributed by atoms with Gasteiger partial charge in [0.15, 0.2) is 0 Å². The zero-order chi connectivity index (χ0) is 25.2. The number of pyridine rings is 1. The van der Waals surface area contributed by atoms with E-state index < -0.39 is 11.9 Å². The number of rotatable bonds is 10. The number of amides is 2. The Bertz CT molecular complexity index is 1120. The van der Waals surface area contributed by atoms with Gasteiger partial charge in [-0.15, -0.1) is 0 Å². The van der Waals surface area contributed by atoms with Crippen LogP contribution in [0, 0.1) is 5.82 Å². The molecule has 2 N–H and O–H groups in total. The first-order chi connectivity index (χ1) is 17.6. The second-order valence-electron chi connectivity index (χ2n) is 9.15. The van der Waals surface area contributed by atoms with Gasteiger partial charge in [0.1, 0.15) is 11.9 Å². The molecule has 1 heterocycles. The molecule has 188 valence electrons. The van der Waals surface area contributed by atoms with E-state index in [0.717, 1.165) is 31.4 Å². The molecule has 3 aromatic rings. The quantitative estimate of drug-likeness (QED) is 0.410. The van der Waals surface area contributed by atoms with Crippen molar-refractivity contribution in [1.82, 2.24) is 15.6 Å². The Kier molecular flexibility index (Phi) is 9.16. The zero-order valence-corrected chi connectivity index (χ0v) is 20.4. The van der Waals surface area contributed by atoms with E-state index in [1.54, 1.807) is 18.3 Å². The van der Waals surface area contributed by atoms with Crippen LogP contribution in [-0.2, 0) is 16.0 Å². The van der Waals surface area contributed by atoms with Crippen molar-refractivity contribution in [3.05, 3.63) is 96.1 Å². The summed E-state index contributed by atoms with van der Waals surface area (Å²) in [4.78, 5) is 33.1. The smallest absolute Gasteiger partial charge is 0.248 e. The molecule has 0 radical (unpaired) electrons. The van der Waals surface area contributed by atoms with E-state index in [1.165, 1.54) is 23.5 Å². The lowest BCUT2D eigenvalue weighted by Crippen LogP contribution is -2.49. The van der Waals surface area contributed by atoms with Crippen molar-refractivity contribution in [3.63, 3.8) is 0 Å². The third-order valence-electron chi connectivity index (χ3n) is 6.49. The van der Waals surface area contributed by atoms with Gasteiger partial charge in [0.25, 0.3) is 0 Å². The number of carbonyl (C=O) groups is 2. The highest BCUT2D eigenvalue weighted by atomic mass is 19.1. The molecule has 1 saturated carbocycles. The molecule has 0 aliphatic heterocycles. The maximum Gasteiger partial charge on any atom is 0.248 e. The van der Waals surface area contributed by atoms with Crippen molar-refractivity contribution < 1.29 is 14.0 Å². The Morgan fingerprint density at radius 1 is 0.972 bits per heavy atom. The zero-order valence-electron chi connectivity index (χ0n) is 20.4. The summed E-state index contributed by atoms with van der Waals surface area (Å²) < 4.78 is 14.3. The summed E-state index contributed by atoms with van der Waals surface area (Å²) >= 11 is 0. The van der Waals surface area contributed by atoms with Gasteiger partial charge in [-0.05, 0) is 48.7 Å². The van der Waals surface area contributed by atoms with Crippen molar-refractivity contribution in [2.45, 2.75) is 50.6 Å². The SMILES string of the molecule is O=C(NC1CCCCC1)C(c1ccccc1)N(C(=O)CNCCc1ccccn1)c1cccc(F)c1. The standard InChI is InChI=1S/C29H33FN4O2/c30-23-12-9-16-26(20-23)34(27(35)21-31-19-17-24-13-7-8-18-32-24)28(22-10-3-1-4-11-22)29(36)33-25-14-5-2-6-15-25/h1,3-4,7-13,16,18,20,25,28,31H,2,5-6,14-15,17,19,21H2,(H,33,36). The van der Waals surface area contributed by atoms with Crippen LogP contribution in [0.2, 0.25) is 0 Å². The molecule has 7 heteroatoms. The number of hydrogen-bond donors (Lipinski definition) is 2. The average molecular weight is 489 g/mol. The summed E-state index contributed by atoms with van der Waals surface area (Å²) in [5.74, 6) is -1.03. The Balaban J connectivity index is 1.57. The molecule has 1 aliphatic carbocycles. The lowest BCUT2D eigenvalue weighted by molar-refractivity contribution is -0.127. The second kappa shape index (κ2) is 12.9. The van der Waals surface area contributed by atoms with Crippen LogP contribution >= 0.6 is 0 Å². The molecule has 0 spiro atoms. The van der Waals surface area contributed by atoms with Gasteiger partial charge in [0.05, 0.1) is 6.54 Å². The summed E-state index contributed by atoms with van der Waals surface area (Å²) in [6, 6.07) is 20.0. The van der Waals surface area contributed by atoms with E-state index >= 15 is 0 Å². The highest BCUT2D eigenvalue weighted by Crippen LogP contribution is 2.29. The summed E-state index contributed by atoms with van der Waals surface area (Å²) in [5, 5.41) is 6.34. The lowest BCUT2D eigenvalue weighted by Gasteiger charge is -2.33. The number of halogens is 1. The number of aromatic nitrogens is 1. The minimum absolute atomic E-state index is 0.00336. The summed E-state index contributed by atoms with van der Waals surface area (Å²) in [6.07, 6.45) is 7.58. The minimum atomic E-state index is -0.917. The third kappa shape index (κ3) is 6.98. The van der Waals surface area contributed by atoms with Gasteiger partial charge < -0.3 is 10.6 Å². The largest absolute Gasteiger partial charge is 0.351 e. The molecule has 1 aromatic heterocycles. The molecule has 0 bridgehead atoms. The Morgan fingerprint density at radius 3 is 2.47 bits per heavy atom. The first-order valence-corrected chi connectivity index (χ1v) is 12.7. The summed E-state index contributed by atoms with van der Waals surface area (Å²) in [7, 11) is 0. The van der Waals surface area contributed by atoms with E-state index in [4.69, 9.17) is 0 Å². The molecule has 1 atom stereocenters. The Hall–Kier alpha value is -3.58. The topological polar surface area (TPSA) is 74.3 Å². The minimum Gasteiger partial charge on any atom is -0.351 e. The highest BCUT2D eigenvalue weighted by molar-refractivity contribution is 6.02. The van der Waals surface area contributed by atoms with Crippen molar-refractivity contribution in [2.75, 3.05) is 18.0 Å². The van der Waals surface area contributed by atoms with Gasteiger partial charge in [0.2, 0.25) is 11.8 Å².